The van der Waals surface area contributed by atoms with Crippen molar-refractivity contribution in [2.75, 3.05) is 26.3 Å². The zero-order chi connectivity index (χ0) is 12.5. The highest BCUT2D eigenvalue weighted by Crippen LogP contribution is 2.11. The van der Waals surface area contributed by atoms with Crippen LogP contribution in [0.2, 0.25) is 0 Å². The van der Waals surface area contributed by atoms with Gasteiger partial charge in [0, 0.05) is 18.7 Å². The number of nitrogens with two attached hydrogens (primary N) is 1. The number of ether oxygens (including phenoxy) is 1. The number of nitrogens with zero attached hydrogens (tertiary/aromatic N) is 1. The van der Waals surface area contributed by atoms with Crippen LogP contribution in [0.25, 0.3) is 0 Å². The standard InChI is InChI=1S/C11H17N3O3/c12-11(14-16)9-1-3-10(4-2-9)17-8-6-13-5-7-15/h1-4,13,15-16H,5-8H2,(H2,12,14). The van der Waals surface area contributed by atoms with Crippen molar-refractivity contribution in [3.05, 3.63) is 29.8 Å². The predicted octanol–water partition coefficient (Wildman–Crippen LogP) is -0.258. The molecule has 0 aromatic heterocycles. The topological polar surface area (TPSA) is 100 Å². The summed E-state index contributed by atoms with van der Waals surface area (Å²) in [5.41, 5.74) is 6.06. The number of aliphatic hydroxyl groups excluding tert-OH is 1. The van der Waals surface area contributed by atoms with Crippen molar-refractivity contribution in [3.63, 3.8) is 0 Å². The van der Waals surface area contributed by atoms with Gasteiger partial charge in [-0.3, -0.25) is 0 Å². The van der Waals surface area contributed by atoms with E-state index < -0.39 is 0 Å². The maximum absolute atomic E-state index is 8.54. The number of oxime groups is 1. The van der Waals surface area contributed by atoms with Crippen molar-refractivity contribution in [1.29, 1.82) is 0 Å². The Labute approximate surface area is 99.7 Å². The lowest BCUT2D eigenvalue weighted by molar-refractivity contribution is 0.276. The van der Waals surface area contributed by atoms with E-state index in [1.54, 1.807) is 24.3 Å². The first kappa shape index (κ1) is 13.3. The van der Waals surface area contributed by atoms with Crippen molar-refractivity contribution in [3.8, 4) is 5.75 Å². The van der Waals surface area contributed by atoms with E-state index in [0.29, 0.717) is 31.0 Å². The summed E-state index contributed by atoms with van der Waals surface area (Å²) in [6.07, 6.45) is 0. The van der Waals surface area contributed by atoms with Crippen LogP contribution < -0.4 is 15.8 Å². The van der Waals surface area contributed by atoms with E-state index in [4.69, 9.17) is 20.8 Å². The Morgan fingerprint density at radius 1 is 1.29 bits per heavy atom. The first-order chi connectivity index (χ1) is 8.27. The van der Waals surface area contributed by atoms with Crippen LogP contribution in [0.15, 0.2) is 29.4 Å². The van der Waals surface area contributed by atoms with E-state index in [1.165, 1.54) is 0 Å². The SMILES string of the molecule is NC(=NO)c1ccc(OCCNCCO)cc1. The molecule has 0 unspecified atom stereocenters. The summed E-state index contributed by atoms with van der Waals surface area (Å²) >= 11 is 0. The van der Waals surface area contributed by atoms with Gasteiger partial charge in [0.1, 0.15) is 12.4 Å². The molecular weight excluding hydrogens is 222 g/mol. The summed E-state index contributed by atoms with van der Waals surface area (Å²) in [6, 6.07) is 6.93. The summed E-state index contributed by atoms with van der Waals surface area (Å²) in [4.78, 5) is 0. The molecule has 0 saturated heterocycles. The van der Waals surface area contributed by atoms with Crippen LogP contribution in [-0.2, 0) is 0 Å². The van der Waals surface area contributed by atoms with Gasteiger partial charge in [-0.15, -0.1) is 0 Å². The number of hydrogen-bond acceptors (Lipinski definition) is 5. The van der Waals surface area contributed by atoms with E-state index in [1.807, 2.05) is 0 Å². The minimum Gasteiger partial charge on any atom is -0.492 e. The molecule has 0 aliphatic heterocycles. The third-order valence-corrected chi connectivity index (χ3v) is 2.09. The second-order valence-electron chi connectivity index (χ2n) is 3.33. The van der Waals surface area contributed by atoms with Crippen LogP contribution in [0.1, 0.15) is 5.56 Å². The molecule has 94 valence electrons. The fourth-order valence-electron chi connectivity index (χ4n) is 1.22. The Hall–Kier alpha value is -1.79. The van der Waals surface area contributed by atoms with Gasteiger partial charge in [-0.05, 0) is 24.3 Å². The second kappa shape index (κ2) is 7.48. The van der Waals surface area contributed by atoms with Crippen molar-refractivity contribution in [1.82, 2.24) is 5.32 Å². The van der Waals surface area contributed by atoms with E-state index in [0.717, 1.165) is 0 Å². The van der Waals surface area contributed by atoms with Crippen molar-refractivity contribution < 1.29 is 15.1 Å². The van der Waals surface area contributed by atoms with E-state index in [2.05, 4.69) is 10.5 Å². The molecule has 17 heavy (non-hydrogen) atoms. The van der Waals surface area contributed by atoms with Gasteiger partial charge >= 0.3 is 0 Å². The van der Waals surface area contributed by atoms with Crippen molar-refractivity contribution >= 4 is 5.84 Å². The highest BCUT2D eigenvalue weighted by atomic mass is 16.5. The molecule has 0 amide bonds. The van der Waals surface area contributed by atoms with Gasteiger partial charge < -0.3 is 26.1 Å². The Balaban J connectivity index is 2.35. The molecule has 1 aromatic carbocycles. The normalized spacial score (nSPS) is 11.5. The second-order valence-corrected chi connectivity index (χ2v) is 3.33. The van der Waals surface area contributed by atoms with Crippen molar-refractivity contribution in [2.24, 2.45) is 10.9 Å². The minimum atomic E-state index is 0.0705. The molecule has 0 aliphatic carbocycles. The smallest absolute Gasteiger partial charge is 0.170 e. The average Bonchev–Trinajstić information content (AvgIpc) is 2.38. The fraction of sp³-hybridized carbons (Fsp3) is 0.364. The number of rotatable bonds is 7. The van der Waals surface area contributed by atoms with Gasteiger partial charge in [0.15, 0.2) is 5.84 Å². The lowest BCUT2D eigenvalue weighted by Gasteiger charge is -2.07. The summed E-state index contributed by atoms with van der Waals surface area (Å²) in [5, 5.41) is 22.9. The van der Waals surface area contributed by atoms with E-state index in [9.17, 15) is 0 Å². The molecule has 1 aromatic rings. The molecule has 0 aliphatic rings. The Morgan fingerprint density at radius 2 is 2.00 bits per heavy atom. The minimum absolute atomic E-state index is 0.0705. The molecular formula is C11H17N3O3. The highest BCUT2D eigenvalue weighted by molar-refractivity contribution is 5.97. The molecule has 0 radical (unpaired) electrons. The van der Waals surface area contributed by atoms with Crippen LogP contribution in [-0.4, -0.2) is 42.5 Å². The number of hydrogen-bond donors (Lipinski definition) is 4. The van der Waals surface area contributed by atoms with Crippen LogP contribution in [0.4, 0.5) is 0 Å². The summed E-state index contributed by atoms with van der Waals surface area (Å²) in [7, 11) is 0. The average molecular weight is 239 g/mol. The van der Waals surface area contributed by atoms with Gasteiger partial charge in [-0.25, -0.2) is 0 Å². The number of nitrogens with one attached hydrogen (secondary N) is 1. The first-order valence-corrected chi connectivity index (χ1v) is 5.30. The Bertz CT molecular complexity index is 351. The largest absolute Gasteiger partial charge is 0.492 e. The molecule has 5 N–H and O–H groups in total. The fourth-order valence-corrected chi connectivity index (χ4v) is 1.22. The monoisotopic (exact) mass is 239 g/mol. The van der Waals surface area contributed by atoms with Gasteiger partial charge in [0.2, 0.25) is 0 Å². The zero-order valence-corrected chi connectivity index (χ0v) is 9.47. The summed E-state index contributed by atoms with van der Waals surface area (Å²) in [5.74, 6) is 0.784. The molecule has 0 fully saturated rings. The predicted molar refractivity (Wildman–Crippen MR) is 64.4 cm³/mol. The molecule has 1 rings (SSSR count). The molecule has 0 saturated carbocycles. The quantitative estimate of drug-likeness (QED) is 0.173. The van der Waals surface area contributed by atoms with Gasteiger partial charge in [0.25, 0.3) is 0 Å². The number of amidine groups is 1. The third kappa shape index (κ3) is 4.71. The van der Waals surface area contributed by atoms with E-state index >= 15 is 0 Å². The maximum Gasteiger partial charge on any atom is 0.170 e. The lowest BCUT2D eigenvalue weighted by Crippen LogP contribution is -2.23. The van der Waals surface area contributed by atoms with Crippen molar-refractivity contribution in [2.45, 2.75) is 0 Å². The van der Waals surface area contributed by atoms with Crippen LogP contribution in [0.3, 0.4) is 0 Å². The molecule has 0 bridgehead atoms. The highest BCUT2D eigenvalue weighted by Gasteiger charge is 1.99. The molecule has 0 spiro atoms. The zero-order valence-electron chi connectivity index (χ0n) is 9.47. The van der Waals surface area contributed by atoms with Gasteiger partial charge in [-0.2, -0.15) is 0 Å². The molecule has 6 heteroatoms. The number of aliphatic hydroxyl groups is 1. The van der Waals surface area contributed by atoms with E-state index in [-0.39, 0.29) is 12.4 Å². The number of benzene rings is 1. The van der Waals surface area contributed by atoms with Gasteiger partial charge in [-0.1, -0.05) is 5.16 Å². The molecule has 0 heterocycles. The maximum atomic E-state index is 8.54. The molecule has 6 nitrogen and oxygen atoms in total. The van der Waals surface area contributed by atoms with Crippen LogP contribution >= 0.6 is 0 Å². The van der Waals surface area contributed by atoms with Gasteiger partial charge in [0.05, 0.1) is 6.61 Å². The lowest BCUT2D eigenvalue weighted by atomic mass is 10.2. The Morgan fingerprint density at radius 3 is 2.59 bits per heavy atom. The Kier molecular flexibility index (Phi) is 5.84. The summed E-state index contributed by atoms with van der Waals surface area (Å²) in [6.45, 7) is 1.87. The van der Waals surface area contributed by atoms with Crippen LogP contribution in [0.5, 0.6) is 5.75 Å². The first-order valence-electron chi connectivity index (χ1n) is 5.30. The summed E-state index contributed by atoms with van der Waals surface area (Å²) < 4.78 is 5.43. The third-order valence-electron chi connectivity index (χ3n) is 2.09. The van der Waals surface area contributed by atoms with Crippen LogP contribution in [0, 0.1) is 0 Å². The molecule has 0 atom stereocenters.